The zero-order chi connectivity index (χ0) is 8.32. The van der Waals surface area contributed by atoms with Gasteiger partial charge in [-0.05, 0) is 19.4 Å². The number of ether oxygens (including phenoxy) is 1. The van der Waals surface area contributed by atoms with E-state index in [-0.39, 0.29) is 19.0 Å². The van der Waals surface area contributed by atoms with Crippen molar-refractivity contribution in [3.05, 3.63) is 0 Å². The number of piperidine rings is 1. The third-order valence-electron chi connectivity index (χ3n) is 2.18. The highest BCUT2D eigenvalue weighted by atomic mass is 35.5. The Hall–Kier alpha value is 0.0700. The molecule has 0 saturated carbocycles. The lowest BCUT2D eigenvalue weighted by Crippen LogP contribution is -2.52. The van der Waals surface area contributed by atoms with Gasteiger partial charge in [-0.3, -0.25) is 0 Å². The summed E-state index contributed by atoms with van der Waals surface area (Å²) in [6.07, 6.45) is -1.17. The first-order valence-corrected chi connectivity index (χ1v) is 3.75. The summed E-state index contributed by atoms with van der Waals surface area (Å²) in [4.78, 5) is 0. The minimum absolute atomic E-state index is 0. The van der Waals surface area contributed by atoms with E-state index in [1.165, 1.54) is 7.11 Å². The monoisotopic (exact) mass is 201 g/mol. The van der Waals surface area contributed by atoms with Gasteiger partial charge >= 0.3 is 0 Å². The maximum atomic E-state index is 12.4. The largest absolute Gasteiger partial charge is 0.371 e. The summed E-state index contributed by atoms with van der Waals surface area (Å²) in [7, 11) is 1.35. The maximum absolute atomic E-state index is 12.4. The highest BCUT2D eigenvalue weighted by Crippen LogP contribution is 2.26. The van der Waals surface area contributed by atoms with Crippen LogP contribution in [0, 0.1) is 0 Å². The van der Waals surface area contributed by atoms with E-state index < -0.39 is 12.0 Å². The topological polar surface area (TPSA) is 21.3 Å². The predicted molar refractivity (Wildman–Crippen MR) is 45.1 cm³/mol. The molecule has 1 atom stereocenters. The van der Waals surface area contributed by atoms with E-state index in [2.05, 4.69) is 5.32 Å². The second kappa shape index (κ2) is 4.94. The zero-order valence-electron chi connectivity index (χ0n) is 6.98. The van der Waals surface area contributed by atoms with E-state index in [9.17, 15) is 8.78 Å². The van der Waals surface area contributed by atoms with E-state index >= 15 is 0 Å². The van der Waals surface area contributed by atoms with Crippen molar-refractivity contribution in [2.45, 2.75) is 24.9 Å². The number of hydrogen-bond acceptors (Lipinski definition) is 2. The van der Waals surface area contributed by atoms with Gasteiger partial charge in [-0.15, -0.1) is 12.4 Å². The van der Waals surface area contributed by atoms with E-state index in [4.69, 9.17) is 4.74 Å². The number of rotatable bonds is 2. The second-order valence-corrected chi connectivity index (χ2v) is 2.85. The van der Waals surface area contributed by atoms with Crippen LogP contribution in [0.2, 0.25) is 0 Å². The minimum atomic E-state index is -2.39. The van der Waals surface area contributed by atoms with Crippen molar-refractivity contribution in [3.8, 4) is 0 Å². The standard InChI is InChI=1S/C7H13F2NO.ClH/c1-11-7(6(8)9)3-2-4-10-5-7;/h6,10H,2-5H2,1H3;1H. The molecule has 0 radical (unpaired) electrons. The summed E-state index contributed by atoms with van der Waals surface area (Å²) in [5.74, 6) is 0. The molecule has 0 aromatic rings. The summed E-state index contributed by atoms with van der Waals surface area (Å²) in [5, 5.41) is 2.90. The first kappa shape index (κ1) is 12.1. The fourth-order valence-corrected chi connectivity index (χ4v) is 1.35. The Balaban J connectivity index is 0.00000121. The van der Waals surface area contributed by atoms with E-state index in [1.807, 2.05) is 0 Å². The van der Waals surface area contributed by atoms with Crippen molar-refractivity contribution in [2.24, 2.45) is 0 Å². The molecule has 0 aliphatic carbocycles. The molecular formula is C7H14ClF2NO. The van der Waals surface area contributed by atoms with Crippen LogP contribution in [0.5, 0.6) is 0 Å². The van der Waals surface area contributed by atoms with Gasteiger partial charge in [0.15, 0.2) is 0 Å². The summed E-state index contributed by atoms with van der Waals surface area (Å²) >= 11 is 0. The molecule has 0 spiro atoms. The van der Waals surface area contributed by atoms with Gasteiger partial charge in [0.2, 0.25) is 0 Å². The average Bonchev–Trinajstić information content (AvgIpc) is 2.05. The molecule has 2 nitrogen and oxygen atoms in total. The van der Waals surface area contributed by atoms with Crippen molar-refractivity contribution in [1.82, 2.24) is 5.32 Å². The molecule has 1 N–H and O–H groups in total. The highest BCUT2D eigenvalue weighted by Gasteiger charge is 2.41. The fourth-order valence-electron chi connectivity index (χ4n) is 1.35. The lowest BCUT2D eigenvalue weighted by atomic mass is 9.94. The molecule has 1 saturated heterocycles. The molecule has 1 fully saturated rings. The second-order valence-electron chi connectivity index (χ2n) is 2.85. The van der Waals surface area contributed by atoms with Crippen LogP contribution in [0.3, 0.4) is 0 Å². The van der Waals surface area contributed by atoms with Crippen LogP contribution in [0.4, 0.5) is 8.78 Å². The van der Waals surface area contributed by atoms with Crippen LogP contribution in [-0.4, -0.2) is 32.2 Å². The molecule has 74 valence electrons. The summed E-state index contributed by atoms with van der Waals surface area (Å²) in [5.41, 5.74) is -1.22. The van der Waals surface area contributed by atoms with Crippen LogP contribution >= 0.6 is 12.4 Å². The number of hydrogen-bond donors (Lipinski definition) is 1. The molecule has 5 heteroatoms. The Bertz CT molecular complexity index is 129. The lowest BCUT2D eigenvalue weighted by Gasteiger charge is -2.35. The normalized spacial score (nSPS) is 30.0. The first-order valence-electron chi connectivity index (χ1n) is 3.75. The Morgan fingerprint density at radius 2 is 2.17 bits per heavy atom. The number of methoxy groups -OCH3 is 1. The van der Waals surface area contributed by atoms with Crippen LogP contribution in [-0.2, 0) is 4.74 Å². The predicted octanol–water partition coefficient (Wildman–Crippen LogP) is 1.44. The molecule has 0 amide bonds. The molecule has 12 heavy (non-hydrogen) atoms. The van der Waals surface area contributed by atoms with Crippen molar-refractivity contribution in [1.29, 1.82) is 0 Å². The van der Waals surface area contributed by atoms with Crippen molar-refractivity contribution < 1.29 is 13.5 Å². The summed E-state index contributed by atoms with van der Waals surface area (Å²) in [6.45, 7) is 1.08. The molecule has 1 aliphatic heterocycles. The zero-order valence-corrected chi connectivity index (χ0v) is 7.79. The molecule has 0 aromatic heterocycles. The van der Waals surface area contributed by atoms with Gasteiger partial charge in [0.25, 0.3) is 6.43 Å². The summed E-state index contributed by atoms with van der Waals surface area (Å²) in [6, 6.07) is 0. The number of nitrogens with one attached hydrogen (secondary N) is 1. The summed E-state index contributed by atoms with van der Waals surface area (Å²) < 4.78 is 29.6. The SMILES string of the molecule is COC1(C(F)F)CCCNC1.Cl. The maximum Gasteiger partial charge on any atom is 0.268 e. The molecule has 1 rings (SSSR count). The highest BCUT2D eigenvalue weighted by molar-refractivity contribution is 5.85. The Kier molecular flexibility index (Phi) is 4.97. The number of halogens is 3. The Labute approximate surface area is 77.1 Å². The van der Waals surface area contributed by atoms with Crippen molar-refractivity contribution in [3.63, 3.8) is 0 Å². The van der Waals surface area contributed by atoms with Gasteiger partial charge in [0, 0.05) is 13.7 Å². The van der Waals surface area contributed by atoms with Gasteiger partial charge in [-0.25, -0.2) is 8.78 Å². The van der Waals surface area contributed by atoms with Gasteiger partial charge in [-0.2, -0.15) is 0 Å². The van der Waals surface area contributed by atoms with Crippen molar-refractivity contribution >= 4 is 12.4 Å². The first-order chi connectivity index (χ1) is 5.21. The Morgan fingerprint density at radius 1 is 1.50 bits per heavy atom. The minimum Gasteiger partial charge on any atom is -0.371 e. The van der Waals surface area contributed by atoms with Crippen LogP contribution in [0.1, 0.15) is 12.8 Å². The molecule has 1 aliphatic rings. The van der Waals surface area contributed by atoms with E-state index in [0.29, 0.717) is 6.42 Å². The van der Waals surface area contributed by atoms with E-state index in [0.717, 1.165) is 13.0 Å². The van der Waals surface area contributed by atoms with Gasteiger partial charge in [-0.1, -0.05) is 0 Å². The quantitative estimate of drug-likeness (QED) is 0.730. The molecule has 0 bridgehead atoms. The molecule has 1 heterocycles. The third kappa shape index (κ3) is 2.28. The third-order valence-corrected chi connectivity index (χ3v) is 2.18. The van der Waals surface area contributed by atoms with Crippen LogP contribution in [0.25, 0.3) is 0 Å². The average molecular weight is 202 g/mol. The van der Waals surface area contributed by atoms with Crippen LogP contribution < -0.4 is 5.32 Å². The van der Waals surface area contributed by atoms with Gasteiger partial charge < -0.3 is 10.1 Å². The lowest BCUT2D eigenvalue weighted by molar-refractivity contribution is -0.131. The Morgan fingerprint density at radius 3 is 2.42 bits per heavy atom. The van der Waals surface area contributed by atoms with Gasteiger partial charge in [0.05, 0.1) is 0 Å². The van der Waals surface area contributed by atoms with Crippen molar-refractivity contribution in [2.75, 3.05) is 20.2 Å². The molecule has 0 aromatic carbocycles. The number of alkyl halides is 2. The smallest absolute Gasteiger partial charge is 0.268 e. The molecule has 1 unspecified atom stereocenters. The fraction of sp³-hybridized carbons (Fsp3) is 1.00. The van der Waals surface area contributed by atoms with Crippen LogP contribution in [0.15, 0.2) is 0 Å². The molecular weight excluding hydrogens is 188 g/mol. The van der Waals surface area contributed by atoms with Gasteiger partial charge in [0.1, 0.15) is 5.60 Å². The van der Waals surface area contributed by atoms with E-state index in [1.54, 1.807) is 0 Å².